The first-order chi connectivity index (χ1) is 7.58. The van der Waals surface area contributed by atoms with Gasteiger partial charge in [-0.3, -0.25) is 9.59 Å². The van der Waals surface area contributed by atoms with Gasteiger partial charge in [-0.2, -0.15) is 0 Å². The van der Waals surface area contributed by atoms with Crippen molar-refractivity contribution in [2.75, 3.05) is 0 Å². The summed E-state index contributed by atoms with van der Waals surface area (Å²) in [6.07, 6.45) is 0. The van der Waals surface area contributed by atoms with E-state index in [4.69, 9.17) is 4.74 Å². The molecule has 0 aliphatic heterocycles. The van der Waals surface area contributed by atoms with Crippen molar-refractivity contribution in [3.63, 3.8) is 0 Å². The molecule has 0 saturated carbocycles. The molecule has 0 radical (unpaired) electrons. The lowest BCUT2D eigenvalue weighted by Crippen LogP contribution is -2.07. The molecule has 4 nitrogen and oxygen atoms in total. The Balaban J connectivity index is 2.76. The van der Waals surface area contributed by atoms with Gasteiger partial charge in [0.05, 0.1) is 5.52 Å². The van der Waals surface area contributed by atoms with Crippen LogP contribution in [-0.2, 0) is 4.79 Å². The molecule has 1 aromatic heterocycles. The molecule has 0 aliphatic carbocycles. The number of H-pyrrole nitrogens is 1. The molecule has 1 heterocycles. The van der Waals surface area contributed by atoms with Crippen LogP contribution in [0.25, 0.3) is 10.9 Å². The number of aryl methyl sites for hydroxylation is 1. The Hall–Kier alpha value is -2.10. The molecule has 1 aromatic carbocycles. The molecule has 16 heavy (non-hydrogen) atoms. The number of fused-ring (bicyclic) bond motifs is 1. The van der Waals surface area contributed by atoms with Crippen molar-refractivity contribution in [2.45, 2.75) is 13.8 Å². The first-order valence-corrected chi connectivity index (χ1v) is 4.89. The average Bonchev–Trinajstić information content (AvgIpc) is 2.15. The van der Waals surface area contributed by atoms with Crippen molar-refractivity contribution in [3.8, 4) is 5.75 Å². The molecule has 0 fully saturated rings. The fourth-order valence-corrected chi connectivity index (χ4v) is 1.72. The van der Waals surface area contributed by atoms with Crippen molar-refractivity contribution in [1.29, 1.82) is 0 Å². The monoisotopic (exact) mass is 217 g/mol. The highest BCUT2D eigenvalue weighted by atomic mass is 16.5. The quantitative estimate of drug-likeness (QED) is 0.585. The van der Waals surface area contributed by atoms with E-state index in [1.807, 2.05) is 6.92 Å². The third-order valence-electron chi connectivity index (χ3n) is 2.28. The number of aromatic amines is 1. The van der Waals surface area contributed by atoms with Crippen LogP contribution in [0, 0.1) is 6.92 Å². The van der Waals surface area contributed by atoms with Crippen LogP contribution >= 0.6 is 0 Å². The number of carbonyl (C=O) groups is 1. The molecule has 0 aliphatic rings. The van der Waals surface area contributed by atoms with Gasteiger partial charge in [-0.05, 0) is 24.6 Å². The number of carbonyl (C=O) groups excluding carboxylic acids is 1. The largest absolute Gasteiger partial charge is 0.426 e. The van der Waals surface area contributed by atoms with Crippen molar-refractivity contribution >= 4 is 16.9 Å². The molecule has 82 valence electrons. The Morgan fingerprint density at radius 1 is 1.38 bits per heavy atom. The molecule has 1 N–H and O–H groups in total. The number of nitrogens with one attached hydrogen (secondary N) is 1. The second kappa shape index (κ2) is 3.81. The van der Waals surface area contributed by atoms with E-state index in [0.29, 0.717) is 11.3 Å². The molecule has 0 atom stereocenters. The topological polar surface area (TPSA) is 59.2 Å². The number of ether oxygens (including phenoxy) is 1. The van der Waals surface area contributed by atoms with Crippen LogP contribution in [0.1, 0.15) is 12.5 Å². The van der Waals surface area contributed by atoms with E-state index in [0.717, 1.165) is 10.9 Å². The summed E-state index contributed by atoms with van der Waals surface area (Å²) in [4.78, 5) is 24.9. The van der Waals surface area contributed by atoms with Gasteiger partial charge in [-0.15, -0.1) is 0 Å². The molecule has 0 saturated heterocycles. The molecule has 0 amide bonds. The minimum atomic E-state index is -0.377. The molecular formula is C12H11NO3. The summed E-state index contributed by atoms with van der Waals surface area (Å²) in [7, 11) is 0. The maximum absolute atomic E-state index is 11.3. The Bertz CT molecular complexity index is 613. The number of benzene rings is 1. The SMILES string of the molecule is CC(=O)Oc1cccc2[nH]c(=O)cc(C)c12. The number of pyridine rings is 1. The van der Waals surface area contributed by atoms with Gasteiger partial charge in [-0.25, -0.2) is 0 Å². The van der Waals surface area contributed by atoms with E-state index in [-0.39, 0.29) is 11.5 Å². The van der Waals surface area contributed by atoms with Gasteiger partial charge < -0.3 is 9.72 Å². The van der Waals surface area contributed by atoms with E-state index < -0.39 is 0 Å². The molecule has 0 bridgehead atoms. The van der Waals surface area contributed by atoms with Gasteiger partial charge in [0.25, 0.3) is 0 Å². The van der Waals surface area contributed by atoms with Crippen LogP contribution in [0.3, 0.4) is 0 Å². The lowest BCUT2D eigenvalue weighted by atomic mass is 10.1. The number of hydrogen-bond acceptors (Lipinski definition) is 3. The first kappa shape index (κ1) is 10.4. The molecule has 4 heteroatoms. The summed E-state index contributed by atoms with van der Waals surface area (Å²) in [5.74, 6) is 0.0943. The Labute approximate surface area is 91.9 Å². The lowest BCUT2D eigenvalue weighted by Gasteiger charge is -2.07. The van der Waals surface area contributed by atoms with E-state index >= 15 is 0 Å². The smallest absolute Gasteiger partial charge is 0.308 e. The van der Waals surface area contributed by atoms with Gasteiger partial charge >= 0.3 is 5.97 Å². The number of rotatable bonds is 1. The predicted molar refractivity (Wildman–Crippen MR) is 60.6 cm³/mol. The summed E-state index contributed by atoms with van der Waals surface area (Å²) in [6, 6.07) is 6.69. The fourth-order valence-electron chi connectivity index (χ4n) is 1.72. The molecular weight excluding hydrogens is 206 g/mol. The van der Waals surface area contributed by atoms with Gasteiger partial charge in [0.1, 0.15) is 5.75 Å². The van der Waals surface area contributed by atoms with Crippen LogP contribution in [0.2, 0.25) is 0 Å². The standard InChI is InChI=1S/C12H11NO3/c1-7-6-11(15)13-9-4-3-5-10(12(7)9)16-8(2)14/h3-6H,1-2H3,(H,13,15). The minimum absolute atomic E-state index is 0.162. The average molecular weight is 217 g/mol. The Morgan fingerprint density at radius 3 is 2.81 bits per heavy atom. The van der Waals surface area contributed by atoms with E-state index in [9.17, 15) is 9.59 Å². The normalized spacial score (nSPS) is 10.4. The molecule has 2 rings (SSSR count). The second-order valence-corrected chi connectivity index (χ2v) is 3.59. The lowest BCUT2D eigenvalue weighted by molar-refractivity contribution is -0.131. The van der Waals surface area contributed by atoms with Gasteiger partial charge in [0.15, 0.2) is 0 Å². The maximum Gasteiger partial charge on any atom is 0.308 e. The Morgan fingerprint density at radius 2 is 2.12 bits per heavy atom. The second-order valence-electron chi connectivity index (χ2n) is 3.59. The fraction of sp³-hybridized carbons (Fsp3) is 0.167. The van der Waals surface area contributed by atoms with Crippen LogP contribution in [0.5, 0.6) is 5.75 Å². The van der Waals surface area contributed by atoms with Crippen molar-refractivity contribution in [2.24, 2.45) is 0 Å². The number of hydrogen-bond donors (Lipinski definition) is 1. The summed E-state index contributed by atoms with van der Waals surface area (Å²) in [5.41, 5.74) is 1.30. The van der Waals surface area contributed by atoms with Crippen LogP contribution in [0.4, 0.5) is 0 Å². The van der Waals surface area contributed by atoms with Crippen molar-refractivity contribution < 1.29 is 9.53 Å². The third-order valence-corrected chi connectivity index (χ3v) is 2.28. The van der Waals surface area contributed by atoms with Crippen LogP contribution in [-0.4, -0.2) is 11.0 Å². The summed E-state index contributed by atoms with van der Waals surface area (Å²) < 4.78 is 5.09. The molecule has 2 aromatic rings. The zero-order valence-corrected chi connectivity index (χ0v) is 9.03. The highest BCUT2D eigenvalue weighted by Crippen LogP contribution is 2.26. The van der Waals surface area contributed by atoms with Crippen molar-refractivity contribution in [3.05, 3.63) is 40.2 Å². The highest BCUT2D eigenvalue weighted by Gasteiger charge is 2.07. The summed E-state index contributed by atoms with van der Waals surface area (Å²) >= 11 is 0. The summed E-state index contributed by atoms with van der Waals surface area (Å²) in [6.45, 7) is 3.16. The van der Waals surface area contributed by atoms with Crippen LogP contribution < -0.4 is 10.3 Å². The van der Waals surface area contributed by atoms with Gasteiger partial charge in [0, 0.05) is 18.4 Å². The zero-order chi connectivity index (χ0) is 11.7. The number of esters is 1. The summed E-state index contributed by atoms with van der Waals surface area (Å²) in [5, 5.41) is 0.761. The zero-order valence-electron chi connectivity index (χ0n) is 9.03. The number of aromatic nitrogens is 1. The minimum Gasteiger partial charge on any atom is -0.426 e. The predicted octanol–water partition coefficient (Wildman–Crippen LogP) is 1.76. The molecule has 0 spiro atoms. The van der Waals surface area contributed by atoms with Crippen molar-refractivity contribution in [1.82, 2.24) is 4.98 Å². The van der Waals surface area contributed by atoms with Gasteiger partial charge in [0.2, 0.25) is 5.56 Å². The van der Waals surface area contributed by atoms with E-state index in [1.165, 1.54) is 13.0 Å². The third kappa shape index (κ3) is 1.82. The Kier molecular flexibility index (Phi) is 2.48. The highest BCUT2D eigenvalue weighted by molar-refractivity contribution is 5.90. The molecule has 0 unspecified atom stereocenters. The van der Waals surface area contributed by atoms with E-state index in [1.54, 1.807) is 18.2 Å². The van der Waals surface area contributed by atoms with Gasteiger partial charge in [-0.1, -0.05) is 6.07 Å². The van der Waals surface area contributed by atoms with Crippen LogP contribution in [0.15, 0.2) is 29.1 Å². The maximum atomic E-state index is 11.3. The first-order valence-electron chi connectivity index (χ1n) is 4.89. The van der Waals surface area contributed by atoms with E-state index in [2.05, 4.69) is 4.98 Å².